The Labute approximate surface area is 92.5 Å². The monoisotopic (exact) mass is 223 g/mol. The van der Waals surface area contributed by atoms with E-state index in [0.717, 1.165) is 5.69 Å². The molecule has 0 aliphatic heterocycles. The Morgan fingerprint density at radius 3 is 2.80 bits per heavy atom. The number of hydrogen-bond donors (Lipinski definition) is 1. The first-order valence-corrected chi connectivity index (χ1v) is 5.17. The highest BCUT2D eigenvalue weighted by Gasteiger charge is 2.07. The largest absolute Gasteiger partial charge is 0.356 e. The van der Waals surface area contributed by atoms with Crippen molar-refractivity contribution in [3.05, 3.63) is 41.3 Å². The maximum Gasteiger partial charge on any atom is 0.167 e. The van der Waals surface area contributed by atoms with Crippen LogP contribution in [0.3, 0.4) is 0 Å². The van der Waals surface area contributed by atoms with Crippen LogP contribution in [0.15, 0.2) is 28.8 Å². The zero-order chi connectivity index (χ0) is 10.8. The molecule has 0 radical (unpaired) electrons. The molecule has 2 aromatic rings. The van der Waals surface area contributed by atoms with Crippen LogP contribution in [-0.2, 0) is 5.75 Å². The molecular formula is C11H10FNOS. The Kier molecular flexibility index (Phi) is 2.77. The van der Waals surface area contributed by atoms with Crippen LogP contribution in [-0.4, -0.2) is 5.16 Å². The lowest BCUT2D eigenvalue weighted by Crippen LogP contribution is -1.82. The molecule has 0 saturated heterocycles. The van der Waals surface area contributed by atoms with Gasteiger partial charge in [-0.2, -0.15) is 12.6 Å². The zero-order valence-corrected chi connectivity index (χ0v) is 9.09. The Morgan fingerprint density at radius 2 is 2.20 bits per heavy atom. The van der Waals surface area contributed by atoms with E-state index in [9.17, 15) is 4.39 Å². The molecule has 0 fully saturated rings. The summed E-state index contributed by atoms with van der Waals surface area (Å²) < 4.78 is 18.3. The topological polar surface area (TPSA) is 26.0 Å². The van der Waals surface area contributed by atoms with E-state index in [-0.39, 0.29) is 5.82 Å². The highest BCUT2D eigenvalue weighted by molar-refractivity contribution is 7.79. The van der Waals surface area contributed by atoms with Gasteiger partial charge in [0.1, 0.15) is 5.82 Å². The smallest absolute Gasteiger partial charge is 0.167 e. The molecule has 0 saturated carbocycles. The fourth-order valence-corrected chi connectivity index (χ4v) is 1.42. The van der Waals surface area contributed by atoms with Gasteiger partial charge in [0.05, 0.1) is 5.69 Å². The number of hydrogen-bond acceptors (Lipinski definition) is 3. The minimum Gasteiger partial charge on any atom is -0.356 e. The minimum atomic E-state index is -0.240. The molecule has 0 N–H and O–H groups in total. The SMILES string of the molecule is Cc1ccc(-c2cc(CS)no2)cc1F. The molecule has 4 heteroatoms. The second-order valence-corrected chi connectivity index (χ2v) is 3.62. The fourth-order valence-electron chi connectivity index (χ4n) is 1.27. The van der Waals surface area contributed by atoms with E-state index < -0.39 is 0 Å². The van der Waals surface area contributed by atoms with Gasteiger partial charge in [0.25, 0.3) is 0 Å². The highest BCUT2D eigenvalue weighted by atomic mass is 32.1. The molecule has 0 unspecified atom stereocenters. The molecule has 2 nitrogen and oxygen atoms in total. The fraction of sp³-hybridized carbons (Fsp3) is 0.182. The Balaban J connectivity index is 2.40. The van der Waals surface area contributed by atoms with Crippen molar-refractivity contribution in [3.63, 3.8) is 0 Å². The molecule has 0 spiro atoms. The molecule has 0 atom stereocenters. The molecular weight excluding hydrogens is 213 g/mol. The Bertz CT molecular complexity index is 481. The third kappa shape index (κ3) is 2.04. The van der Waals surface area contributed by atoms with Crippen LogP contribution in [0.25, 0.3) is 11.3 Å². The standard InChI is InChI=1S/C11H10FNOS/c1-7-2-3-8(4-10(7)12)11-5-9(6-15)13-14-11/h2-5,15H,6H2,1H3. The van der Waals surface area contributed by atoms with Crippen LogP contribution in [0.1, 0.15) is 11.3 Å². The summed E-state index contributed by atoms with van der Waals surface area (Å²) in [6, 6.07) is 6.73. The lowest BCUT2D eigenvalue weighted by molar-refractivity contribution is 0.426. The van der Waals surface area contributed by atoms with E-state index in [1.54, 1.807) is 25.1 Å². The van der Waals surface area contributed by atoms with E-state index >= 15 is 0 Å². The van der Waals surface area contributed by atoms with Gasteiger partial charge >= 0.3 is 0 Å². The van der Waals surface area contributed by atoms with Crippen LogP contribution in [0.5, 0.6) is 0 Å². The highest BCUT2D eigenvalue weighted by Crippen LogP contribution is 2.22. The number of nitrogens with zero attached hydrogens (tertiary/aromatic N) is 1. The molecule has 0 aliphatic rings. The average molecular weight is 223 g/mol. The lowest BCUT2D eigenvalue weighted by atomic mass is 10.1. The Hall–Kier alpha value is -1.29. The van der Waals surface area contributed by atoms with Crippen LogP contribution in [0.4, 0.5) is 4.39 Å². The van der Waals surface area contributed by atoms with Crippen LogP contribution in [0, 0.1) is 12.7 Å². The normalized spacial score (nSPS) is 10.6. The van der Waals surface area contributed by atoms with E-state index in [4.69, 9.17) is 4.52 Å². The summed E-state index contributed by atoms with van der Waals surface area (Å²) in [4.78, 5) is 0. The summed E-state index contributed by atoms with van der Waals surface area (Å²) in [5, 5.41) is 3.79. The minimum absolute atomic E-state index is 0.240. The number of thiol groups is 1. The molecule has 0 aliphatic carbocycles. The summed E-state index contributed by atoms with van der Waals surface area (Å²) in [5.41, 5.74) is 2.06. The predicted molar refractivity (Wildman–Crippen MR) is 59.3 cm³/mol. The summed E-state index contributed by atoms with van der Waals surface area (Å²) in [5.74, 6) is 0.840. The van der Waals surface area contributed by atoms with Gasteiger partial charge in [0.15, 0.2) is 5.76 Å². The molecule has 0 bridgehead atoms. The van der Waals surface area contributed by atoms with Gasteiger partial charge < -0.3 is 4.52 Å². The van der Waals surface area contributed by atoms with Gasteiger partial charge in [-0.3, -0.25) is 0 Å². The number of rotatable bonds is 2. The van der Waals surface area contributed by atoms with Gasteiger partial charge in [-0.1, -0.05) is 17.3 Å². The van der Waals surface area contributed by atoms with Crippen molar-refractivity contribution >= 4 is 12.6 Å². The molecule has 1 aromatic carbocycles. The lowest BCUT2D eigenvalue weighted by Gasteiger charge is -1.98. The molecule has 15 heavy (non-hydrogen) atoms. The zero-order valence-electron chi connectivity index (χ0n) is 8.20. The first-order chi connectivity index (χ1) is 7.20. The molecule has 78 valence electrons. The van der Waals surface area contributed by atoms with Crippen molar-refractivity contribution in [2.45, 2.75) is 12.7 Å². The molecule has 2 rings (SSSR count). The van der Waals surface area contributed by atoms with Crippen molar-refractivity contribution < 1.29 is 8.91 Å². The first kappa shape index (κ1) is 10.2. The van der Waals surface area contributed by atoms with Crippen LogP contribution in [0.2, 0.25) is 0 Å². The Morgan fingerprint density at radius 1 is 1.40 bits per heavy atom. The van der Waals surface area contributed by atoms with Crippen molar-refractivity contribution in [1.82, 2.24) is 5.16 Å². The maximum atomic E-state index is 13.3. The number of halogens is 1. The van der Waals surface area contributed by atoms with Gasteiger partial charge in [-0.15, -0.1) is 0 Å². The van der Waals surface area contributed by atoms with Crippen LogP contribution < -0.4 is 0 Å². The predicted octanol–water partition coefficient (Wildman–Crippen LogP) is 3.22. The van der Waals surface area contributed by atoms with Crippen molar-refractivity contribution in [3.8, 4) is 11.3 Å². The van der Waals surface area contributed by atoms with E-state index in [2.05, 4.69) is 17.8 Å². The van der Waals surface area contributed by atoms with Crippen molar-refractivity contribution in [2.24, 2.45) is 0 Å². The molecule has 1 heterocycles. The van der Waals surface area contributed by atoms with Crippen LogP contribution >= 0.6 is 12.6 Å². The van der Waals surface area contributed by atoms with E-state index in [0.29, 0.717) is 22.6 Å². The summed E-state index contributed by atoms with van der Waals surface area (Å²) >= 11 is 4.08. The van der Waals surface area contributed by atoms with E-state index in [1.807, 2.05) is 0 Å². The van der Waals surface area contributed by atoms with Crippen molar-refractivity contribution in [1.29, 1.82) is 0 Å². The second kappa shape index (κ2) is 4.06. The van der Waals surface area contributed by atoms with Crippen molar-refractivity contribution in [2.75, 3.05) is 0 Å². The second-order valence-electron chi connectivity index (χ2n) is 3.30. The summed E-state index contributed by atoms with van der Waals surface area (Å²) in [6.45, 7) is 1.72. The third-order valence-corrected chi connectivity index (χ3v) is 2.50. The quantitative estimate of drug-likeness (QED) is 0.791. The van der Waals surface area contributed by atoms with Gasteiger partial charge in [0.2, 0.25) is 0 Å². The first-order valence-electron chi connectivity index (χ1n) is 4.53. The maximum absolute atomic E-state index is 13.3. The van der Waals surface area contributed by atoms with E-state index in [1.165, 1.54) is 6.07 Å². The van der Waals surface area contributed by atoms with Gasteiger partial charge in [-0.05, 0) is 18.6 Å². The summed E-state index contributed by atoms with van der Waals surface area (Å²) in [6.07, 6.45) is 0. The molecule has 1 aromatic heterocycles. The summed E-state index contributed by atoms with van der Waals surface area (Å²) in [7, 11) is 0. The van der Waals surface area contributed by atoms with Gasteiger partial charge in [0, 0.05) is 17.4 Å². The number of aromatic nitrogens is 1. The van der Waals surface area contributed by atoms with Gasteiger partial charge in [-0.25, -0.2) is 4.39 Å². The average Bonchev–Trinajstić information content (AvgIpc) is 2.70. The molecule has 0 amide bonds. The third-order valence-electron chi connectivity index (χ3n) is 2.18. The number of benzene rings is 1. The number of aryl methyl sites for hydroxylation is 1.